The summed E-state index contributed by atoms with van der Waals surface area (Å²) in [5, 5.41) is 9.25. The second-order valence-electron chi connectivity index (χ2n) is 4.34. The number of Topliss-reactive ketones (excluding diaryl/α,β-unsaturated/α-hetero) is 1. The molecule has 2 heteroatoms. The van der Waals surface area contributed by atoms with Crippen molar-refractivity contribution in [2.75, 3.05) is 0 Å². The molecule has 2 rings (SSSR count). The number of aliphatic hydroxyl groups is 1. The normalized spacial score (nSPS) is 11.3. The fourth-order valence-electron chi connectivity index (χ4n) is 1.94. The lowest BCUT2D eigenvalue weighted by molar-refractivity contribution is 0.102. The molecule has 19 heavy (non-hydrogen) atoms. The zero-order valence-corrected chi connectivity index (χ0v) is 10.6. The number of carbonyl (C=O) groups is 1. The Morgan fingerprint density at radius 2 is 1.53 bits per heavy atom. The molecular weight excluding hydrogens is 236 g/mol. The molecule has 2 aromatic carbocycles. The zero-order chi connectivity index (χ0) is 13.5. The summed E-state index contributed by atoms with van der Waals surface area (Å²) < 4.78 is 0. The third-order valence-corrected chi connectivity index (χ3v) is 3.01. The largest absolute Gasteiger partial charge is 0.515 e. The van der Waals surface area contributed by atoms with Gasteiger partial charge in [0.25, 0.3) is 0 Å². The topological polar surface area (TPSA) is 37.3 Å². The van der Waals surface area contributed by atoms with Crippen molar-refractivity contribution in [2.45, 2.75) is 12.8 Å². The Morgan fingerprint density at radius 3 is 2.11 bits per heavy atom. The molecule has 0 atom stereocenters. The summed E-state index contributed by atoms with van der Waals surface area (Å²) in [5.74, 6) is -0.112. The number of carbonyl (C=O) groups excluding carboxylic acids is 1. The first-order chi connectivity index (χ1) is 9.31. The fourth-order valence-corrected chi connectivity index (χ4v) is 1.94. The number of allylic oxidation sites excluding steroid dienone is 1. The average Bonchev–Trinajstić information content (AvgIpc) is 2.49. The number of hydrogen-bond donors (Lipinski definition) is 1. The van der Waals surface area contributed by atoms with E-state index >= 15 is 0 Å². The molecule has 0 unspecified atom stereocenters. The Morgan fingerprint density at radius 1 is 0.947 bits per heavy atom. The highest BCUT2D eigenvalue weighted by Crippen LogP contribution is 2.14. The van der Waals surface area contributed by atoms with Gasteiger partial charge in [-0.05, 0) is 18.4 Å². The van der Waals surface area contributed by atoms with Crippen molar-refractivity contribution >= 4 is 5.78 Å². The molecule has 0 saturated heterocycles. The van der Waals surface area contributed by atoms with Crippen LogP contribution < -0.4 is 0 Å². The van der Waals surface area contributed by atoms with Crippen LogP contribution in [0.5, 0.6) is 0 Å². The van der Waals surface area contributed by atoms with Gasteiger partial charge >= 0.3 is 0 Å². The van der Waals surface area contributed by atoms with Crippen LogP contribution in [0.4, 0.5) is 0 Å². The van der Waals surface area contributed by atoms with Gasteiger partial charge in [-0.3, -0.25) is 4.79 Å². The van der Waals surface area contributed by atoms with Crippen molar-refractivity contribution in [1.29, 1.82) is 0 Å². The van der Waals surface area contributed by atoms with Crippen molar-refractivity contribution in [1.82, 2.24) is 0 Å². The van der Waals surface area contributed by atoms with E-state index in [1.54, 1.807) is 12.1 Å². The van der Waals surface area contributed by atoms with E-state index in [4.69, 9.17) is 0 Å². The quantitative estimate of drug-likeness (QED) is 0.497. The van der Waals surface area contributed by atoms with Crippen LogP contribution in [0.2, 0.25) is 0 Å². The first kappa shape index (κ1) is 13.1. The molecule has 0 spiro atoms. The van der Waals surface area contributed by atoms with E-state index in [9.17, 15) is 9.90 Å². The first-order valence-electron chi connectivity index (χ1n) is 6.28. The highest BCUT2D eigenvalue weighted by molar-refractivity contribution is 6.08. The summed E-state index contributed by atoms with van der Waals surface area (Å²) in [6.07, 6.45) is 2.21. The second kappa shape index (κ2) is 6.55. The molecule has 0 heterocycles. The van der Waals surface area contributed by atoms with Crippen molar-refractivity contribution in [3.63, 3.8) is 0 Å². The maximum Gasteiger partial charge on any atom is 0.192 e. The summed E-state index contributed by atoms with van der Waals surface area (Å²) in [5.41, 5.74) is 2.20. The molecule has 96 valence electrons. The molecule has 0 amide bonds. The Kier molecular flexibility index (Phi) is 4.51. The van der Waals surface area contributed by atoms with Crippen LogP contribution in [0.25, 0.3) is 0 Å². The molecule has 0 aliphatic carbocycles. The van der Waals surface area contributed by atoms with Gasteiger partial charge in [-0.1, -0.05) is 60.7 Å². The van der Waals surface area contributed by atoms with Crippen molar-refractivity contribution in [3.05, 3.63) is 83.6 Å². The summed E-state index contributed by atoms with van der Waals surface area (Å²) in [7, 11) is 0. The second-order valence-corrected chi connectivity index (χ2v) is 4.34. The van der Waals surface area contributed by atoms with Gasteiger partial charge in [-0.25, -0.2) is 0 Å². The summed E-state index contributed by atoms with van der Waals surface area (Å²) in [6, 6.07) is 18.9. The van der Waals surface area contributed by atoms with E-state index in [-0.39, 0.29) is 5.78 Å². The van der Waals surface area contributed by atoms with Crippen molar-refractivity contribution in [2.24, 2.45) is 0 Å². The lowest BCUT2D eigenvalue weighted by atomic mass is 9.98. The van der Waals surface area contributed by atoms with Gasteiger partial charge in [-0.2, -0.15) is 0 Å². The van der Waals surface area contributed by atoms with E-state index in [0.29, 0.717) is 17.6 Å². The molecule has 0 radical (unpaired) electrons. The Balaban J connectivity index is 2.04. The predicted octanol–water partition coefficient (Wildman–Crippen LogP) is 3.94. The van der Waals surface area contributed by atoms with E-state index < -0.39 is 0 Å². The van der Waals surface area contributed by atoms with Gasteiger partial charge in [0, 0.05) is 11.1 Å². The Labute approximate surface area is 113 Å². The number of aliphatic hydroxyl groups excluding tert-OH is 1. The molecule has 1 N–H and O–H groups in total. The minimum atomic E-state index is -0.112. The van der Waals surface area contributed by atoms with E-state index in [1.807, 2.05) is 48.5 Å². The maximum atomic E-state index is 12.2. The van der Waals surface area contributed by atoms with Gasteiger partial charge in [0.1, 0.15) is 0 Å². The minimum absolute atomic E-state index is 0.112. The number of aryl methyl sites for hydroxylation is 1. The maximum absolute atomic E-state index is 12.2. The SMILES string of the molecule is O=C(C(=CO)CCc1ccccc1)c1ccccc1. The van der Waals surface area contributed by atoms with Crippen LogP contribution in [0.15, 0.2) is 72.5 Å². The van der Waals surface area contributed by atoms with Gasteiger partial charge in [-0.15, -0.1) is 0 Å². The number of benzene rings is 2. The Hall–Kier alpha value is -2.35. The fraction of sp³-hybridized carbons (Fsp3) is 0.118. The van der Waals surface area contributed by atoms with Gasteiger partial charge in [0.15, 0.2) is 5.78 Å². The smallest absolute Gasteiger partial charge is 0.192 e. The van der Waals surface area contributed by atoms with Crippen molar-refractivity contribution in [3.8, 4) is 0 Å². The van der Waals surface area contributed by atoms with Crippen LogP contribution in [0, 0.1) is 0 Å². The number of hydrogen-bond acceptors (Lipinski definition) is 2. The lowest BCUT2D eigenvalue weighted by Gasteiger charge is -2.05. The number of rotatable bonds is 5. The van der Waals surface area contributed by atoms with E-state index in [1.165, 1.54) is 0 Å². The van der Waals surface area contributed by atoms with Crippen LogP contribution in [-0.2, 0) is 6.42 Å². The third-order valence-electron chi connectivity index (χ3n) is 3.01. The molecule has 0 aromatic heterocycles. The minimum Gasteiger partial charge on any atom is -0.515 e. The molecule has 0 saturated carbocycles. The monoisotopic (exact) mass is 252 g/mol. The Bertz CT molecular complexity index is 556. The summed E-state index contributed by atoms with van der Waals surface area (Å²) >= 11 is 0. The van der Waals surface area contributed by atoms with E-state index in [0.717, 1.165) is 18.2 Å². The molecule has 0 bridgehead atoms. The van der Waals surface area contributed by atoms with Gasteiger partial charge in [0.05, 0.1) is 6.26 Å². The highest BCUT2D eigenvalue weighted by Gasteiger charge is 2.12. The molecule has 0 aliphatic heterocycles. The molecule has 0 aliphatic rings. The summed E-state index contributed by atoms with van der Waals surface area (Å²) in [4.78, 5) is 12.2. The van der Waals surface area contributed by atoms with Crippen molar-refractivity contribution < 1.29 is 9.90 Å². The molecule has 0 fully saturated rings. The van der Waals surface area contributed by atoms with Gasteiger partial charge < -0.3 is 5.11 Å². The van der Waals surface area contributed by atoms with Crippen LogP contribution >= 0.6 is 0 Å². The van der Waals surface area contributed by atoms with Crippen LogP contribution in [0.3, 0.4) is 0 Å². The molecule has 2 nitrogen and oxygen atoms in total. The lowest BCUT2D eigenvalue weighted by Crippen LogP contribution is -2.04. The third kappa shape index (κ3) is 3.55. The number of ketones is 1. The predicted molar refractivity (Wildman–Crippen MR) is 76.2 cm³/mol. The molecular formula is C17H16O2. The van der Waals surface area contributed by atoms with Crippen LogP contribution in [0.1, 0.15) is 22.3 Å². The first-order valence-corrected chi connectivity index (χ1v) is 6.28. The van der Waals surface area contributed by atoms with E-state index in [2.05, 4.69) is 0 Å². The average molecular weight is 252 g/mol. The zero-order valence-electron chi connectivity index (χ0n) is 10.6. The van der Waals surface area contributed by atoms with Gasteiger partial charge in [0.2, 0.25) is 0 Å². The highest BCUT2D eigenvalue weighted by atomic mass is 16.2. The van der Waals surface area contributed by atoms with Crippen LogP contribution in [-0.4, -0.2) is 10.9 Å². The standard InChI is InChI=1S/C17H16O2/c18-13-16(12-11-14-7-3-1-4-8-14)17(19)15-9-5-2-6-10-15/h1-10,13,18H,11-12H2. The molecule has 2 aromatic rings. The summed E-state index contributed by atoms with van der Waals surface area (Å²) in [6.45, 7) is 0.